The molecule has 3 aliphatic rings. The van der Waals surface area contributed by atoms with Crippen LogP contribution in [-0.2, 0) is 20.8 Å². The number of carbonyl (C=O) groups is 3. The molecule has 0 spiro atoms. The second kappa shape index (κ2) is 10.2. The zero-order chi connectivity index (χ0) is 27.1. The Hall–Kier alpha value is -4.18. The van der Waals surface area contributed by atoms with Gasteiger partial charge in [-0.3, -0.25) is 19.4 Å². The van der Waals surface area contributed by atoms with E-state index in [1.54, 1.807) is 12.1 Å². The monoisotopic (exact) mass is 584 g/mol. The van der Waals surface area contributed by atoms with E-state index in [1.807, 2.05) is 73.7 Å². The molecule has 0 N–H and O–H groups in total. The third kappa shape index (κ3) is 4.54. The number of hydrogen-bond donors (Lipinski definition) is 0. The van der Waals surface area contributed by atoms with Crippen molar-refractivity contribution < 1.29 is 14.4 Å². The van der Waals surface area contributed by atoms with Crippen LogP contribution < -0.4 is 4.90 Å². The van der Waals surface area contributed by atoms with Gasteiger partial charge in [0.25, 0.3) is 17.7 Å². The van der Waals surface area contributed by atoms with E-state index in [-0.39, 0.29) is 18.5 Å². The lowest BCUT2D eigenvalue weighted by Crippen LogP contribution is -2.44. The molecule has 0 saturated carbocycles. The van der Waals surface area contributed by atoms with Crippen molar-refractivity contribution >= 4 is 45.1 Å². The second-order valence-electron chi connectivity index (χ2n) is 9.65. The number of aryl methyl sites for hydroxylation is 1. The SMILES string of the molecule is CCc1ccc(N2C(=O)[C@@H]3N=NN(CC(=O)N4N=C(c5ccc(Br)cc5)C[C@@H]4c4ccccc4)[C@H]3C2=O)cc1. The van der Waals surface area contributed by atoms with Crippen molar-refractivity contribution in [3.8, 4) is 0 Å². The first-order valence-corrected chi connectivity index (χ1v) is 13.6. The molecule has 196 valence electrons. The van der Waals surface area contributed by atoms with Crippen molar-refractivity contribution in [1.82, 2.24) is 10.0 Å². The molecule has 9 nitrogen and oxygen atoms in total. The van der Waals surface area contributed by atoms with Gasteiger partial charge in [-0.2, -0.15) is 10.2 Å². The van der Waals surface area contributed by atoms with Gasteiger partial charge in [0.1, 0.15) is 6.54 Å². The van der Waals surface area contributed by atoms with E-state index in [0.717, 1.165) is 38.2 Å². The van der Waals surface area contributed by atoms with Gasteiger partial charge in [0.2, 0.25) is 0 Å². The van der Waals surface area contributed by atoms with Crippen molar-refractivity contribution in [3.05, 3.63) is 100 Å². The minimum atomic E-state index is -0.971. The maximum atomic E-state index is 13.7. The Morgan fingerprint density at radius 2 is 1.67 bits per heavy atom. The summed E-state index contributed by atoms with van der Waals surface area (Å²) in [4.78, 5) is 41.3. The minimum Gasteiger partial charge on any atom is -0.271 e. The predicted molar refractivity (Wildman–Crippen MR) is 149 cm³/mol. The Kier molecular flexibility index (Phi) is 6.56. The summed E-state index contributed by atoms with van der Waals surface area (Å²) in [7, 11) is 0. The molecule has 3 atom stereocenters. The smallest absolute Gasteiger partial charge is 0.264 e. The molecule has 1 saturated heterocycles. The Morgan fingerprint density at radius 3 is 2.36 bits per heavy atom. The van der Waals surface area contributed by atoms with Crippen LogP contribution in [0.4, 0.5) is 5.69 Å². The molecule has 3 aromatic carbocycles. The highest BCUT2D eigenvalue weighted by Crippen LogP contribution is 2.35. The number of nitrogens with zero attached hydrogens (tertiary/aromatic N) is 6. The summed E-state index contributed by atoms with van der Waals surface area (Å²) in [6.45, 7) is 1.81. The average molecular weight is 585 g/mol. The molecule has 0 aromatic heterocycles. The Balaban J connectivity index is 1.24. The van der Waals surface area contributed by atoms with Crippen molar-refractivity contribution in [3.63, 3.8) is 0 Å². The Morgan fingerprint density at radius 1 is 0.949 bits per heavy atom. The summed E-state index contributed by atoms with van der Waals surface area (Å²) >= 11 is 3.46. The number of anilines is 1. The van der Waals surface area contributed by atoms with E-state index in [9.17, 15) is 14.4 Å². The molecule has 3 aromatic rings. The van der Waals surface area contributed by atoms with Crippen LogP contribution in [0, 0.1) is 0 Å². The van der Waals surface area contributed by atoms with Gasteiger partial charge in [-0.1, -0.05) is 82.7 Å². The molecule has 0 radical (unpaired) electrons. The number of amides is 3. The van der Waals surface area contributed by atoms with Crippen LogP contribution in [0.5, 0.6) is 0 Å². The van der Waals surface area contributed by atoms with E-state index in [1.165, 1.54) is 10.0 Å². The maximum Gasteiger partial charge on any atom is 0.264 e. The zero-order valence-electron chi connectivity index (χ0n) is 21.1. The van der Waals surface area contributed by atoms with Gasteiger partial charge in [-0.15, -0.1) is 0 Å². The highest BCUT2D eigenvalue weighted by molar-refractivity contribution is 9.10. The largest absolute Gasteiger partial charge is 0.271 e. The Bertz CT molecular complexity index is 1490. The van der Waals surface area contributed by atoms with Gasteiger partial charge in [0.15, 0.2) is 12.1 Å². The predicted octanol–water partition coefficient (Wildman–Crippen LogP) is 4.68. The van der Waals surface area contributed by atoms with Gasteiger partial charge >= 0.3 is 0 Å². The van der Waals surface area contributed by atoms with Crippen LogP contribution in [0.25, 0.3) is 0 Å². The third-order valence-electron chi connectivity index (χ3n) is 7.29. The molecule has 3 heterocycles. The molecule has 10 heteroatoms. The summed E-state index contributed by atoms with van der Waals surface area (Å²) < 4.78 is 0.956. The van der Waals surface area contributed by atoms with Crippen molar-refractivity contribution in [2.24, 2.45) is 15.4 Å². The van der Waals surface area contributed by atoms with Gasteiger partial charge in [0.05, 0.1) is 17.4 Å². The fourth-order valence-corrected chi connectivity index (χ4v) is 5.46. The average Bonchev–Trinajstić information content (AvgIpc) is 3.65. The summed E-state index contributed by atoms with van der Waals surface area (Å²) in [5.74, 6) is -1.21. The zero-order valence-corrected chi connectivity index (χ0v) is 22.7. The third-order valence-corrected chi connectivity index (χ3v) is 7.81. The topological polar surface area (TPSA) is 98.0 Å². The van der Waals surface area contributed by atoms with E-state index < -0.39 is 23.9 Å². The first-order valence-electron chi connectivity index (χ1n) is 12.8. The number of carbonyl (C=O) groups excluding carboxylic acids is 3. The fourth-order valence-electron chi connectivity index (χ4n) is 5.19. The quantitative estimate of drug-likeness (QED) is 0.393. The van der Waals surface area contributed by atoms with Crippen LogP contribution in [0.15, 0.2) is 98.8 Å². The summed E-state index contributed by atoms with van der Waals surface area (Å²) in [5, 5.41) is 15.6. The highest BCUT2D eigenvalue weighted by atomic mass is 79.9. The first-order chi connectivity index (χ1) is 18.9. The van der Waals surface area contributed by atoms with Crippen molar-refractivity contribution in [2.45, 2.75) is 37.9 Å². The molecule has 0 unspecified atom stereocenters. The number of rotatable bonds is 6. The Labute approximate surface area is 233 Å². The van der Waals surface area contributed by atoms with Gasteiger partial charge in [-0.25, -0.2) is 9.91 Å². The van der Waals surface area contributed by atoms with Crippen LogP contribution in [0.1, 0.15) is 36.1 Å². The van der Waals surface area contributed by atoms with E-state index >= 15 is 0 Å². The molecule has 39 heavy (non-hydrogen) atoms. The van der Waals surface area contributed by atoms with Crippen LogP contribution in [-0.4, -0.2) is 52.1 Å². The van der Waals surface area contributed by atoms with Crippen molar-refractivity contribution in [2.75, 3.05) is 11.4 Å². The molecular formula is C29H25BrN6O3. The number of halogens is 1. The second-order valence-corrected chi connectivity index (χ2v) is 10.6. The highest BCUT2D eigenvalue weighted by Gasteiger charge is 2.55. The molecular weight excluding hydrogens is 560 g/mol. The number of imide groups is 1. The van der Waals surface area contributed by atoms with E-state index in [2.05, 4.69) is 26.3 Å². The number of hydrazone groups is 1. The van der Waals surface area contributed by atoms with Gasteiger partial charge < -0.3 is 0 Å². The standard InChI is InChI=1S/C29H25BrN6O3/c1-2-18-8-14-22(15-9-18)35-28(38)26-27(29(35)39)34(33-31-26)17-25(37)36-24(20-6-4-3-5-7-20)16-23(32-36)19-10-12-21(30)13-11-19/h3-15,24,26-27H,2,16-17H2,1H3/t24-,26-,27-/m1/s1. The summed E-state index contributed by atoms with van der Waals surface area (Å²) in [6, 6.07) is 22.6. The number of benzene rings is 3. The van der Waals surface area contributed by atoms with Crippen LogP contribution in [0.3, 0.4) is 0 Å². The first kappa shape index (κ1) is 25.1. The lowest BCUT2D eigenvalue weighted by Gasteiger charge is -2.25. The molecule has 0 bridgehead atoms. The van der Waals surface area contributed by atoms with E-state index in [4.69, 9.17) is 5.10 Å². The maximum absolute atomic E-state index is 13.7. The van der Waals surface area contributed by atoms with Gasteiger partial charge in [-0.05, 0) is 47.4 Å². The molecule has 3 aliphatic heterocycles. The van der Waals surface area contributed by atoms with Gasteiger partial charge in [0, 0.05) is 10.9 Å². The number of fused-ring (bicyclic) bond motifs is 1. The fraction of sp³-hybridized carbons (Fsp3) is 0.241. The lowest BCUT2D eigenvalue weighted by atomic mass is 9.98. The van der Waals surface area contributed by atoms with E-state index in [0.29, 0.717) is 12.1 Å². The molecule has 0 aliphatic carbocycles. The normalized spacial score (nSPS) is 22.1. The summed E-state index contributed by atoms with van der Waals surface area (Å²) in [6.07, 6.45) is 1.40. The molecule has 6 rings (SSSR count). The van der Waals surface area contributed by atoms with Crippen LogP contribution >= 0.6 is 15.9 Å². The molecule has 3 amide bonds. The summed E-state index contributed by atoms with van der Waals surface area (Å²) in [5.41, 5.74) is 4.27. The lowest BCUT2D eigenvalue weighted by molar-refractivity contribution is -0.135. The molecule has 1 fully saturated rings. The van der Waals surface area contributed by atoms with Crippen molar-refractivity contribution in [1.29, 1.82) is 0 Å². The minimum absolute atomic E-state index is 0.229. The number of hydrogen-bond acceptors (Lipinski definition) is 7. The van der Waals surface area contributed by atoms with Crippen LogP contribution in [0.2, 0.25) is 0 Å².